The Balaban J connectivity index is 1.17. The molecule has 34 heavy (non-hydrogen) atoms. The summed E-state index contributed by atoms with van der Waals surface area (Å²) in [4.78, 5) is 67.6. The zero-order valence-electron chi connectivity index (χ0n) is 17.9. The molecule has 0 radical (unpaired) electrons. The lowest BCUT2D eigenvalue weighted by molar-refractivity contribution is -0.196. The SMILES string of the molecule is O=C(CONC(=O)OCC1c2ccccc2-c2ccccc21)NCC(=O)ON1C(=O)CCC1=O. The number of nitrogens with zero attached hydrogens (tertiary/aromatic N) is 1. The molecule has 176 valence electrons. The van der Waals surface area contributed by atoms with Crippen LogP contribution < -0.4 is 10.8 Å². The molecule has 0 saturated carbocycles. The summed E-state index contributed by atoms with van der Waals surface area (Å²) >= 11 is 0. The van der Waals surface area contributed by atoms with Crippen LogP contribution in [0.2, 0.25) is 0 Å². The van der Waals surface area contributed by atoms with Crippen molar-refractivity contribution in [2.24, 2.45) is 0 Å². The molecule has 11 heteroatoms. The molecular weight excluding hydrogens is 446 g/mol. The highest BCUT2D eigenvalue weighted by Crippen LogP contribution is 2.44. The fourth-order valence-electron chi connectivity index (χ4n) is 3.80. The highest BCUT2D eigenvalue weighted by atomic mass is 16.7. The average molecular weight is 467 g/mol. The summed E-state index contributed by atoms with van der Waals surface area (Å²) in [5.41, 5.74) is 6.31. The third-order valence-corrected chi connectivity index (χ3v) is 5.33. The van der Waals surface area contributed by atoms with Gasteiger partial charge in [0, 0.05) is 18.8 Å². The summed E-state index contributed by atoms with van der Waals surface area (Å²) in [7, 11) is 0. The lowest BCUT2D eigenvalue weighted by Gasteiger charge is -2.14. The first-order chi connectivity index (χ1) is 16.4. The summed E-state index contributed by atoms with van der Waals surface area (Å²) in [5.74, 6) is -3.11. The third-order valence-electron chi connectivity index (χ3n) is 5.33. The summed E-state index contributed by atoms with van der Waals surface area (Å²) in [6, 6.07) is 15.8. The Kier molecular flexibility index (Phi) is 6.83. The van der Waals surface area contributed by atoms with Crippen molar-refractivity contribution in [2.75, 3.05) is 19.8 Å². The van der Waals surface area contributed by atoms with E-state index in [1.54, 1.807) is 0 Å². The van der Waals surface area contributed by atoms with Crippen LogP contribution in [-0.2, 0) is 33.6 Å². The van der Waals surface area contributed by atoms with Crippen LogP contribution in [0.15, 0.2) is 48.5 Å². The highest BCUT2D eigenvalue weighted by molar-refractivity contribution is 6.01. The number of hydrogen-bond donors (Lipinski definition) is 2. The lowest BCUT2D eigenvalue weighted by atomic mass is 9.98. The van der Waals surface area contributed by atoms with Crippen molar-refractivity contribution in [3.63, 3.8) is 0 Å². The Morgan fingerprint density at radius 1 is 0.912 bits per heavy atom. The van der Waals surface area contributed by atoms with Crippen molar-refractivity contribution < 1.29 is 38.4 Å². The Bertz CT molecular complexity index is 1090. The molecule has 1 aliphatic carbocycles. The first-order valence-electron chi connectivity index (χ1n) is 10.5. The van der Waals surface area contributed by atoms with Gasteiger partial charge in [0.1, 0.15) is 13.2 Å². The number of rotatable bonds is 8. The molecule has 2 N–H and O–H groups in total. The second kappa shape index (κ2) is 10.1. The zero-order chi connectivity index (χ0) is 24.1. The van der Waals surface area contributed by atoms with E-state index in [-0.39, 0.29) is 25.4 Å². The van der Waals surface area contributed by atoms with Gasteiger partial charge in [-0.15, -0.1) is 5.06 Å². The number of amides is 4. The summed E-state index contributed by atoms with van der Waals surface area (Å²) in [6.45, 7) is -1.11. The van der Waals surface area contributed by atoms with Gasteiger partial charge in [-0.05, 0) is 22.3 Å². The van der Waals surface area contributed by atoms with Crippen molar-refractivity contribution in [3.8, 4) is 11.1 Å². The van der Waals surface area contributed by atoms with Crippen molar-refractivity contribution >= 4 is 29.8 Å². The largest absolute Gasteiger partial charge is 0.447 e. The van der Waals surface area contributed by atoms with Crippen molar-refractivity contribution in [1.82, 2.24) is 15.9 Å². The minimum Gasteiger partial charge on any atom is -0.447 e. The fourth-order valence-corrected chi connectivity index (χ4v) is 3.80. The number of benzene rings is 2. The van der Waals surface area contributed by atoms with Crippen LogP contribution in [0.1, 0.15) is 29.9 Å². The molecule has 0 aromatic heterocycles. The number of nitrogens with one attached hydrogen (secondary N) is 2. The van der Waals surface area contributed by atoms with Gasteiger partial charge in [-0.3, -0.25) is 19.2 Å². The van der Waals surface area contributed by atoms with Crippen LogP contribution in [-0.4, -0.2) is 54.6 Å². The van der Waals surface area contributed by atoms with E-state index in [9.17, 15) is 24.0 Å². The molecule has 0 bridgehead atoms. The molecule has 1 heterocycles. The second-order valence-corrected chi connectivity index (χ2v) is 7.54. The average Bonchev–Trinajstić information content (AvgIpc) is 3.33. The first-order valence-corrected chi connectivity index (χ1v) is 10.5. The summed E-state index contributed by atoms with van der Waals surface area (Å²) < 4.78 is 5.26. The zero-order valence-corrected chi connectivity index (χ0v) is 17.9. The van der Waals surface area contributed by atoms with Gasteiger partial charge in [0.2, 0.25) is 5.91 Å². The summed E-state index contributed by atoms with van der Waals surface area (Å²) in [6.07, 6.45) is -0.943. The van der Waals surface area contributed by atoms with E-state index >= 15 is 0 Å². The molecule has 2 aliphatic rings. The van der Waals surface area contributed by atoms with Gasteiger partial charge in [-0.25, -0.2) is 9.59 Å². The maximum absolute atomic E-state index is 12.0. The lowest BCUT2D eigenvalue weighted by Crippen LogP contribution is -2.39. The predicted octanol–water partition coefficient (Wildman–Crippen LogP) is 1.18. The third kappa shape index (κ3) is 5.04. The Labute approximate surface area is 193 Å². The highest BCUT2D eigenvalue weighted by Gasteiger charge is 2.33. The first kappa shape index (κ1) is 22.9. The van der Waals surface area contributed by atoms with Crippen LogP contribution in [0, 0.1) is 0 Å². The van der Waals surface area contributed by atoms with Gasteiger partial charge in [-0.1, -0.05) is 48.5 Å². The smallest absolute Gasteiger partial charge is 0.431 e. The molecular formula is C23H21N3O8. The second-order valence-electron chi connectivity index (χ2n) is 7.54. The van der Waals surface area contributed by atoms with Crippen LogP contribution in [0.4, 0.5) is 4.79 Å². The number of imide groups is 1. The molecule has 0 unspecified atom stereocenters. The molecule has 1 fully saturated rings. The molecule has 2 aromatic rings. The van der Waals surface area contributed by atoms with E-state index in [0.717, 1.165) is 22.3 Å². The van der Waals surface area contributed by atoms with Gasteiger partial charge in [-0.2, -0.15) is 5.48 Å². The minimum atomic E-state index is -0.999. The van der Waals surface area contributed by atoms with Gasteiger partial charge < -0.3 is 14.9 Å². The summed E-state index contributed by atoms with van der Waals surface area (Å²) in [5, 5.41) is 2.56. The molecule has 1 saturated heterocycles. The van der Waals surface area contributed by atoms with E-state index < -0.39 is 42.9 Å². The minimum absolute atomic E-state index is 0.0339. The molecule has 1 aliphatic heterocycles. The number of hydroxylamine groups is 3. The van der Waals surface area contributed by atoms with Crippen molar-refractivity contribution in [1.29, 1.82) is 0 Å². The molecule has 0 spiro atoms. The van der Waals surface area contributed by atoms with Crippen LogP contribution in [0.25, 0.3) is 11.1 Å². The fraction of sp³-hybridized carbons (Fsp3) is 0.261. The Morgan fingerprint density at radius 3 is 2.12 bits per heavy atom. The van der Waals surface area contributed by atoms with Crippen molar-refractivity contribution in [3.05, 3.63) is 59.7 Å². The number of fused-ring (bicyclic) bond motifs is 3. The van der Waals surface area contributed by atoms with Crippen LogP contribution in [0.3, 0.4) is 0 Å². The maximum atomic E-state index is 12.0. The quantitative estimate of drug-likeness (QED) is 0.436. The van der Waals surface area contributed by atoms with Gasteiger partial charge in [0.25, 0.3) is 11.8 Å². The molecule has 4 amide bonds. The normalized spacial score (nSPS) is 14.4. The number of hydrogen-bond acceptors (Lipinski definition) is 8. The van der Waals surface area contributed by atoms with E-state index in [1.165, 1.54) is 0 Å². The maximum Gasteiger partial charge on any atom is 0.431 e. The topological polar surface area (TPSA) is 140 Å². The van der Waals surface area contributed by atoms with Gasteiger partial charge in [0.05, 0.1) is 0 Å². The molecule has 11 nitrogen and oxygen atoms in total. The van der Waals surface area contributed by atoms with E-state index in [1.807, 2.05) is 54.0 Å². The van der Waals surface area contributed by atoms with Gasteiger partial charge in [0.15, 0.2) is 6.61 Å². The molecule has 4 rings (SSSR count). The van der Waals surface area contributed by atoms with Crippen LogP contribution >= 0.6 is 0 Å². The van der Waals surface area contributed by atoms with Crippen molar-refractivity contribution in [2.45, 2.75) is 18.8 Å². The standard InChI is InChI=1S/C23H21N3O8/c27-19(24-11-22(30)34-26-20(28)9-10-21(26)29)13-33-25-23(31)32-12-18-16-7-3-1-5-14(16)15-6-2-4-8-17(15)18/h1-8,18H,9-13H2,(H,24,27)(H,25,31). The van der Waals surface area contributed by atoms with Gasteiger partial charge >= 0.3 is 12.1 Å². The Hall–Kier alpha value is -4.25. The number of ether oxygens (including phenoxy) is 1. The molecule has 2 aromatic carbocycles. The van der Waals surface area contributed by atoms with Crippen LogP contribution in [0.5, 0.6) is 0 Å². The number of carbonyl (C=O) groups is 5. The number of carbonyl (C=O) groups excluding carboxylic acids is 5. The predicted molar refractivity (Wildman–Crippen MR) is 114 cm³/mol. The Morgan fingerprint density at radius 2 is 1.50 bits per heavy atom. The van der Waals surface area contributed by atoms with E-state index in [0.29, 0.717) is 5.06 Å². The monoisotopic (exact) mass is 467 g/mol. The van der Waals surface area contributed by atoms with E-state index in [4.69, 9.17) is 9.57 Å². The molecule has 0 atom stereocenters. The van der Waals surface area contributed by atoms with E-state index in [2.05, 4.69) is 10.2 Å².